The van der Waals surface area contributed by atoms with Gasteiger partial charge in [-0.3, -0.25) is 24.0 Å². The topological polar surface area (TPSA) is 286 Å². The Hall–Kier alpha value is -5.79. The SMILES string of the molecule is C.C.[B]POC(=O)C(=C)CC(=O)NCCCC.[B]POC(=O)C(=C)CC(=O)OCCC(F)(F)CC(F)(F)CC(C)(F)F.[B]POC(=O)C(=C)CC(=O)OCCCC.[B]POC(=O)C(=C)CC(=O)OCCCCC=C.[B]POC(=O)C(=C)CC(=O)OCc1cc(C(C)(C)C)c(O)c(C(C)(C)C)c1. The van der Waals surface area contributed by atoms with Gasteiger partial charge in [-0.15, -0.1) is 6.58 Å². The normalized spacial score (nSPS) is 11.2. The average molecular weight is 1520 g/mol. The van der Waals surface area contributed by atoms with E-state index in [0.717, 1.165) is 61.6 Å². The number of allylic oxidation sites excluding steroid dienone is 1. The maximum Gasteiger partial charge on any atom is 0.335 e. The molecule has 560 valence electrons. The minimum atomic E-state index is -4.28. The highest BCUT2D eigenvalue weighted by atomic mass is 31.1. The van der Waals surface area contributed by atoms with Crippen molar-refractivity contribution < 1.29 is 121 Å². The van der Waals surface area contributed by atoms with Gasteiger partial charge in [0.2, 0.25) is 5.91 Å². The lowest BCUT2D eigenvalue weighted by molar-refractivity contribution is -0.161. The lowest BCUT2D eigenvalue weighted by Crippen LogP contribution is -2.34. The molecule has 101 heavy (non-hydrogen) atoms. The molecule has 0 saturated heterocycles. The van der Waals surface area contributed by atoms with Gasteiger partial charge in [0.15, 0.2) is 37.8 Å². The number of carbonyl (C=O) groups is 10. The zero-order chi connectivity index (χ0) is 77.3. The number of carbonyl (C=O) groups excluding carboxylic acids is 10. The number of phenols is 1. The number of benzene rings is 1. The van der Waals surface area contributed by atoms with E-state index < -0.39 is 147 Å². The predicted octanol–water partition coefficient (Wildman–Crippen LogP) is 13.9. The van der Waals surface area contributed by atoms with Gasteiger partial charge in [-0.1, -0.05) is 122 Å². The van der Waals surface area contributed by atoms with Gasteiger partial charge in [-0.05, 0) is 78.7 Å². The Kier molecular flexibility index (Phi) is 60.6. The third-order valence-corrected chi connectivity index (χ3v) is 13.2. The minimum Gasteiger partial charge on any atom is -0.507 e. The standard InChI is InChI=1S/C20H28BO5P.C13H16BF6O4P.C11H16BO4P.C9H15BNO3P.C9H14BO4P.2CH4/c1-12(18(24)26-27-21)8-16(22)25-11-13-9-14(19(2,3)4)17(23)15(10-13)20(5,6)7;1-8(10(22)24-25-14)5-9(21)23-4-3-12(17,18)7-13(19,20)6-11(2,15)16;1-3-4-5-6-7-15-10(13)8-9(2)11(14)16-17-12;1-3-4-5-11-8(12)6-7(2)9(13)14-15-10;1-3-4-5-13-8(11)6-7(2)9(12)14-15-10;;/h9-10,23,27H,1,8,11H2,2-7H3;25H,1,3-7H2,2H3;3,17H,1-2,4-8H2;15H,2-6H2,1H3,(H,11,12);15H,2-6H2,1H3;2*1H4. The number of rotatable bonds is 40. The van der Waals surface area contributed by atoms with E-state index in [9.17, 15) is 79.4 Å². The maximum absolute atomic E-state index is 13.4. The van der Waals surface area contributed by atoms with Gasteiger partial charge < -0.3 is 52.0 Å². The summed E-state index contributed by atoms with van der Waals surface area (Å²) in [6.45, 7) is 37.3. The highest BCUT2D eigenvalue weighted by Crippen LogP contribution is 2.41. The number of halogens is 6. The number of hydrogen-bond donors (Lipinski definition) is 2. The summed E-state index contributed by atoms with van der Waals surface area (Å²) in [5.41, 5.74) is 1.72. The van der Waals surface area contributed by atoms with Crippen LogP contribution in [0.25, 0.3) is 0 Å². The Morgan fingerprint density at radius 1 is 0.485 bits per heavy atom. The summed E-state index contributed by atoms with van der Waals surface area (Å²) in [6.07, 6.45) is 1.44. The van der Waals surface area contributed by atoms with Gasteiger partial charge in [0.25, 0.3) is 17.8 Å². The Morgan fingerprint density at radius 3 is 1.13 bits per heavy atom. The number of ether oxygens (including phenoxy) is 4. The van der Waals surface area contributed by atoms with Crippen molar-refractivity contribution in [3.05, 3.63) is 102 Å². The van der Waals surface area contributed by atoms with Gasteiger partial charge in [-0.2, -0.15) is 0 Å². The van der Waals surface area contributed by atoms with E-state index in [1.807, 2.05) is 73.6 Å². The monoisotopic (exact) mass is 1520 g/mol. The molecule has 37 heteroatoms. The molecule has 1 aromatic carbocycles. The van der Waals surface area contributed by atoms with Crippen LogP contribution < -0.4 is 5.32 Å². The van der Waals surface area contributed by atoms with Crippen LogP contribution in [-0.4, -0.2) is 147 Å². The fraction of sp³-hybridized carbons (Fsp3) is 0.562. The lowest BCUT2D eigenvalue weighted by Gasteiger charge is -2.28. The summed E-state index contributed by atoms with van der Waals surface area (Å²) in [4.78, 5) is 113. The van der Waals surface area contributed by atoms with Crippen molar-refractivity contribution in [3.8, 4) is 5.75 Å². The van der Waals surface area contributed by atoms with Crippen molar-refractivity contribution in [2.45, 2.75) is 209 Å². The molecule has 0 aliphatic rings. The summed E-state index contributed by atoms with van der Waals surface area (Å²) < 4.78 is 120. The molecule has 0 fully saturated rings. The van der Waals surface area contributed by atoms with Crippen molar-refractivity contribution in [1.82, 2.24) is 5.32 Å². The molecule has 1 aromatic rings. The van der Waals surface area contributed by atoms with Gasteiger partial charge in [-0.25, -0.2) is 50.3 Å². The second-order valence-electron chi connectivity index (χ2n) is 23.0. The van der Waals surface area contributed by atoms with Crippen LogP contribution in [0.2, 0.25) is 0 Å². The van der Waals surface area contributed by atoms with Gasteiger partial charge in [0.1, 0.15) is 12.4 Å². The van der Waals surface area contributed by atoms with Gasteiger partial charge in [0.05, 0.1) is 64.8 Å². The number of esters is 4. The molecule has 1 amide bonds. The second kappa shape index (κ2) is 57.6. The van der Waals surface area contributed by atoms with E-state index in [-0.39, 0.29) is 104 Å². The third kappa shape index (κ3) is 57.3. The van der Waals surface area contributed by atoms with E-state index >= 15 is 0 Å². The molecule has 5 atom stereocenters. The molecule has 0 bridgehead atoms. The molecule has 0 aliphatic carbocycles. The summed E-state index contributed by atoms with van der Waals surface area (Å²) in [5.74, 6) is -18.3. The minimum absolute atomic E-state index is 0. The largest absolute Gasteiger partial charge is 0.507 e. The fourth-order valence-electron chi connectivity index (χ4n) is 6.84. The van der Waals surface area contributed by atoms with Crippen molar-refractivity contribution >= 4 is 141 Å². The van der Waals surface area contributed by atoms with Gasteiger partial charge in [0, 0.05) is 84.3 Å². The average Bonchev–Trinajstić information content (AvgIpc) is 0.785. The molecule has 2 N–H and O–H groups in total. The predicted molar refractivity (Wildman–Crippen MR) is 392 cm³/mol. The van der Waals surface area contributed by atoms with Crippen LogP contribution in [0.5, 0.6) is 5.75 Å². The van der Waals surface area contributed by atoms with Crippen LogP contribution in [-0.2, 0) is 107 Å². The third-order valence-electron chi connectivity index (χ3n) is 11.7. The summed E-state index contributed by atoms with van der Waals surface area (Å²) >= 11 is 0. The van der Waals surface area contributed by atoms with Crippen molar-refractivity contribution in [1.29, 1.82) is 0 Å². The molecule has 0 aliphatic heterocycles. The van der Waals surface area contributed by atoms with E-state index in [4.69, 9.17) is 52.0 Å². The van der Waals surface area contributed by atoms with Crippen LogP contribution in [0, 0.1) is 0 Å². The molecule has 0 saturated carbocycles. The van der Waals surface area contributed by atoms with E-state index in [1.54, 1.807) is 0 Å². The first kappa shape index (κ1) is 106. The summed E-state index contributed by atoms with van der Waals surface area (Å²) in [5, 5.41) is 13.4. The number of unbranched alkanes of at least 4 members (excludes halogenated alkanes) is 4. The number of hydrogen-bond acceptors (Lipinski definition) is 20. The number of alkyl halides is 6. The molecule has 0 aromatic heterocycles. The van der Waals surface area contributed by atoms with E-state index in [2.05, 4.69) is 72.1 Å². The highest BCUT2D eigenvalue weighted by Gasteiger charge is 2.48. The fourth-order valence-corrected chi connectivity index (χ4v) is 8.10. The van der Waals surface area contributed by atoms with Crippen molar-refractivity contribution in [2.75, 3.05) is 26.4 Å². The molecular formula is C64H97B5F6NO20P5. The molecular weight excluding hydrogens is 1430 g/mol. The smallest absolute Gasteiger partial charge is 0.335 e. The zero-order valence-electron chi connectivity index (χ0n) is 57.5. The number of phenolic OH excluding ortho intramolecular Hbond substituents is 1. The van der Waals surface area contributed by atoms with Crippen LogP contribution in [0.4, 0.5) is 26.3 Å². The Balaban J connectivity index is -0.000000284. The summed E-state index contributed by atoms with van der Waals surface area (Å²) in [7, 11) is 22.7. The number of nitrogens with one attached hydrogen (secondary N) is 1. The molecule has 0 heterocycles. The molecule has 21 nitrogen and oxygen atoms in total. The summed E-state index contributed by atoms with van der Waals surface area (Å²) in [6, 6.07) is 3.69. The quantitative estimate of drug-likeness (QED) is 0.00902. The molecule has 5 unspecified atom stereocenters. The highest BCUT2D eigenvalue weighted by molar-refractivity contribution is 7.63. The number of amides is 1. The molecule has 1 rings (SSSR count). The second-order valence-corrected chi connectivity index (χ2v) is 25.2. The Labute approximate surface area is 607 Å². The van der Waals surface area contributed by atoms with Crippen molar-refractivity contribution in [2.24, 2.45) is 0 Å². The van der Waals surface area contributed by atoms with Gasteiger partial charge >= 0.3 is 53.7 Å². The van der Waals surface area contributed by atoms with Crippen LogP contribution in [0.3, 0.4) is 0 Å². The van der Waals surface area contributed by atoms with Crippen molar-refractivity contribution in [3.63, 3.8) is 0 Å². The first-order chi connectivity index (χ1) is 45.8. The van der Waals surface area contributed by atoms with E-state index in [1.165, 1.54) is 0 Å². The molecule has 0 spiro atoms. The molecule has 10 radical (unpaired) electrons. The number of aromatic hydroxyl groups is 1. The first-order valence-electron chi connectivity index (χ1n) is 30.0. The Bertz CT molecular complexity index is 2760. The van der Waals surface area contributed by atoms with Crippen LogP contribution in [0.1, 0.15) is 190 Å². The lowest BCUT2D eigenvalue weighted by atomic mass is 9.78. The van der Waals surface area contributed by atoms with Crippen LogP contribution in [0.15, 0.2) is 85.5 Å². The zero-order valence-corrected chi connectivity index (χ0v) is 62.5. The maximum atomic E-state index is 13.4. The van der Waals surface area contributed by atoms with E-state index in [0.29, 0.717) is 19.8 Å². The van der Waals surface area contributed by atoms with Crippen LogP contribution >= 0.6 is 43.4 Å². The first-order valence-corrected chi connectivity index (χ1v) is 34.9. The Morgan fingerprint density at radius 2 is 0.812 bits per heavy atom.